The number of nitrogens with zero attached hydrogens (tertiary/aromatic N) is 1. The number of rotatable bonds is 8. The number of carbonyl (C=O) groups excluding carboxylic acids is 1. The number of aromatic nitrogens is 1. The van der Waals surface area contributed by atoms with Crippen molar-refractivity contribution in [2.24, 2.45) is 0 Å². The van der Waals surface area contributed by atoms with Crippen LogP contribution >= 0.6 is 0 Å². The molecular formula is C21H22F2N4O4S. The summed E-state index contributed by atoms with van der Waals surface area (Å²) < 4.78 is 52.5. The van der Waals surface area contributed by atoms with Gasteiger partial charge in [0.1, 0.15) is 11.4 Å². The van der Waals surface area contributed by atoms with E-state index in [1.807, 2.05) is 0 Å². The molecule has 11 heteroatoms. The van der Waals surface area contributed by atoms with Gasteiger partial charge in [0.2, 0.25) is 0 Å². The number of benzene rings is 1. The van der Waals surface area contributed by atoms with Crippen molar-refractivity contribution in [2.45, 2.75) is 38.0 Å². The van der Waals surface area contributed by atoms with Crippen LogP contribution in [0.4, 0.5) is 14.5 Å². The van der Waals surface area contributed by atoms with Gasteiger partial charge in [-0.25, -0.2) is 8.42 Å². The number of halogens is 2. The molecule has 2 fully saturated rings. The molecule has 1 saturated carbocycles. The Morgan fingerprint density at radius 1 is 1.25 bits per heavy atom. The first-order chi connectivity index (χ1) is 15.0. The molecule has 8 nitrogen and oxygen atoms in total. The SMILES string of the molecule is CC1(NC(=O)c2cnc(C(=N)c3cccc(OC(F)F)c3)c(NC3CC3)c2)CS(=O)(=O)C1. The summed E-state index contributed by atoms with van der Waals surface area (Å²) in [5, 5.41) is 14.5. The predicted octanol–water partition coefficient (Wildman–Crippen LogP) is 2.59. The van der Waals surface area contributed by atoms with Crippen LogP contribution in [0.15, 0.2) is 36.5 Å². The van der Waals surface area contributed by atoms with Gasteiger partial charge >= 0.3 is 6.61 Å². The van der Waals surface area contributed by atoms with Crippen LogP contribution in [0.25, 0.3) is 0 Å². The maximum Gasteiger partial charge on any atom is 0.387 e. The van der Waals surface area contributed by atoms with Crippen LogP contribution in [0.2, 0.25) is 0 Å². The van der Waals surface area contributed by atoms with Gasteiger partial charge in [-0.15, -0.1) is 0 Å². The summed E-state index contributed by atoms with van der Waals surface area (Å²) in [5.74, 6) is -0.768. The molecule has 1 amide bonds. The van der Waals surface area contributed by atoms with Crippen molar-refractivity contribution in [3.63, 3.8) is 0 Å². The highest BCUT2D eigenvalue weighted by Gasteiger charge is 2.45. The average Bonchev–Trinajstić information content (AvgIpc) is 3.49. The van der Waals surface area contributed by atoms with E-state index >= 15 is 0 Å². The van der Waals surface area contributed by atoms with Crippen LogP contribution in [0.1, 0.15) is 41.4 Å². The fourth-order valence-corrected chi connectivity index (χ4v) is 5.66. The van der Waals surface area contributed by atoms with Gasteiger partial charge < -0.3 is 15.4 Å². The van der Waals surface area contributed by atoms with E-state index in [0.29, 0.717) is 11.3 Å². The summed E-state index contributed by atoms with van der Waals surface area (Å²) in [6, 6.07) is 7.56. The van der Waals surface area contributed by atoms with Crippen LogP contribution in [-0.2, 0) is 9.84 Å². The summed E-state index contributed by atoms with van der Waals surface area (Å²) in [7, 11) is -3.12. The van der Waals surface area contributed by atoms with Crippen molar-refractivity contribution < 1.29 is 26.7 Å². The lowest BCUT2D eigenvalue weighted by Crippen LogP contribution is -2.63. The number of amides is 1. The maximum absolute atomic E-state index is 12.7. The van der Waals surface area contributed by atoms with E-state index in [9.17, 15) is 22.0 Å². The van der Waals surface area contributed by atoms with E-state index in [-0.39, 0.29) is 40.3 Å². The van der Waals surface area contributed by atoms with Crippen LogP contribution in [-0.4, -0.2) is 54.7 Å². The van der Waals surface area contributed by atoms with E-state index in [2.05, 4.69) is 20.4 Å². The normalized spacial score (nSPS) is 18.5. The van der Waals surface area contributed by atoms with Gasteiger partial charge in [-0.3, -0.25) is 15.2 Å². The molecule has 2 aliphatic rings. The second-order valence-electron chi connectivity index (χ2n) is 8.37. The molecule has 1 aromatic carbocycles. The molecule has 2 heterocycles. The van der Waals surface area contributed by atoms with Crippen molar-refractivity contribution >= 4 is 27.1 Å². The van der Waals surface area contributed by atoms with Gasteiger partial charge in [-0.05, 0) is 38.0 Å². The molecule has 170 valence electrons. The quantitative estimate of drug-likeness (QED) is 0.517. The van der Waals surface area contributed by atoms with E-state index in [4.69, 9.17) is 5.41 Å². The smallest absolute Gasteiger partial charge is 0.387 e. The van der Waals surface area contributed by atoms with Gasteiger partial charge in [-0.2, -0.15) is 8.78 Å². The van der Waals surface area contributed by atoms with Gasteiger partial charge in [0.25, 0.3) is 5.91 Å². The Morgan fingerprint density at radius 3 is 2.59 bits per heavy atom. The zero-order valence-corrected chi connectivity index (χ0v) is 18.0. The first-order valence-corrected chi connectivity index (χ1v) is 11.8. The number of hydrogen-bond acceptors (Lipinski definition) is 7. The Hall–Kier alpha value is -3.08. The molecule has 0 unspecified atom stereocenters. The number of ether oxygens (including phenoxy) is 1. The third-order valence-electron chi connectivity index (χ3n) is 5.16. The number of hydrogen-bond donors (Lipinski definition) is 3. The molecule has 3 N–H and O–H groups in total. The predicted molar refractivity (Wildman–Crippen MR) is 114 cm³/mol. The third kappa shape index (κ3) is 5.04. The Morgan fingerprint density at radius 2 is 1.97 bits per heavy atom. The topological polar surface area (TPSA) is 121 Å². The van der Waals surface area contributed by atoms with Crippen molar-refractivity contribution in [1.29, 1.82) is 5.41 Å². The lowest BCUT2D eigenvalue weighted by molar-refractivity contribution is -0.0498. The van der Waals surface area contributed by atoms with Crippen LogP contribution in [0.5, 0.6) is 5.75 Å². The Labute approximate surface area is 183 Å². The van der Waals surface area contributed by atoms with E-state index in [1.54, 1.807) is 19.1 Å². The highest BCUT2D eigenvalue weighted by atomic mass is 32.2. The first-order valence-electron chi connectivity index (χ1n) is 9.97. The average molecular weight is 464 g/mol. The zero-order chi connectivity index (χ0) is 23.1. The second-order valence-corrected chi connectivity index (χ2v) is 10.4. The van der Waals surface area contributed by atoms with Crippen molar-refractivity contribution in [1.82, 2.24) is 10.3 Å². The molecule has 1 aromatic heterocycles. The molecule has 2 aromatic rings. The van der Waals surface area contributed by atoms with E-state index in [0.717, 1.165) is 12.8 Å². The molecule has 1 saturated heterocycles. The minimum absolute atomic E-state index is 0.0168. The third-order valence-corrected chi connectivity index (χ3v) is 7.32. The monoisotopic (exact) mass is 464 g/mol. The van der Waals surface area contributed by atoms with Crippen molar-refractivity contribution in [3.8, 4) is 5.75 Å². The number of pyridine rings is 1. The first kappa shape index (κ1) is 22.1. The highest BCUT2D eigenvalue weighted by molar-refractivity contribution is 7.93. The lowest BCUT2D eigenvalue weighted by atomic mass is 10.0. The standard InChI is InChI=1S/C21H22F2N4O4S/c1-21(10-32(29,30)11-21)27-19(28)13-8-16(26-14-5-6-14)18(25-9-13)17(24)12-3-2-4-15(7-12)31-20(22)23/h2-4,7-9,14,20,24,26H,5-6,10-11H2,1H3,(H,27,28). The minimum Gasteiger partial charge on any atom is -0.435 e. The molecular weight excluding hydrogens is 442 g/mol. The number of sulfone groups is 1. The van der Waals surface area contributed by atoms with Gasteiger partial charge in [0, 0.05) is 17.8 Å². The summed E-state index contributed by atoms with van der Waals surface area (Å²) >= 11 is 0. The fraction of sp³-hybridized carbons (Fsp3) is 0.381. The molecule has 32 heavy (non-hydrogen) atoms. The van der Waals surface area contributed by atoms with Gasteiger partial charge in [0.05, 0.1) is 34.0 Å². The zero-order valence-electron chi connectivity index (χ0n) is 17.2. The Balaban J connectivity index is 1.59. The number of alkyl halides is 2. The van der Waals surface area contributed by atoms with Gasteiger partial charge in [0.15, 0.2) is 9.84 Å². The molecule has 0 spiro atoms. The van der Waals surface area contributed by atoms with Crippen molar-refractivity contribution in [2.75, 3.05) is 16.8 Å². The summed E-state index contributed by atoms with van der Waals surface area (Å²) in [6.07, 6.45) is 3.20. The second kappa shape index (κ2) is 8.12. The molecule has 1 aliphatic heterocycles. The molecule has 0 radical (unpaired) electrons. The molecule has 0 bridgehead atoms. The molecule has 4 rings (SSSR count). The van der Waals surface area contributed by atoms with Crippen molar-refractivity contribution in [3.05, 3.63) is 53.3 Å². The summed E-state index contributed by atoms with van der Waals surface area (Å²) in [5.41, 5.74) is 0.453. The van der Waals surface area contributed by atoms with Crippen LogP contribution in [0.3, 0.4) is 0 Å². The minimum atomic E-state index is -3.12. The highest BCUT2D eigenvalue weighted by Crippen LogP contribution is 2.29. The van der Waals surface area contributed by atoms with E-state index in [1.165, 1.54) is 24.4 Å². The largest absolute Gasteiger partial charge is 0.435 e. The lowest BCUT2D eigenvalue weighted by Gasteiger charge is -2.38. The summed E-state index contributed by atoms with van der Waals surface area (Å²) in [4.78, 5) is 17.0. The Bertz CT molecular complexity index is 1170. The Kier molecular flexibility index (Phi) is 5.61. The van der Waals surface area contributed by atoms with Crippen LogP contribution < -0.4 is 15.4 Å². The maximum atomic E-state index is 12.7. The fourth-order valence-electron chi connectivity index (χ4n) is 3.66. The number of carbonyl (C=O) groups is 1. The van der Waals surface area contributed by atoms with E-state index < -0.39 is 27.9 Å². The van der Waals surface area contributed by atoms with Crippen LogP contribution in [0, 0.1) is 5.41 Å². The summed E-state index contributed by atoms with van der Waals surface area (Å²) in [6.45, 7) is -1.31. The number of nitrogens with one attached hydrogen (secondary N) is 3. The molecule has 0 atom stereocenters. The molecule has 1 aliphatic carbocycles. The van der Waals surface area contributed by atoms with Gasteiger partial charge in [-0.1, -0.05) is 12.1 Å². The number of anilines is 1.